The molecule has 3 aromatic rings. The second-order valence-electron chi connectivity index (χ2n) is 7.51. The van der Waals surface area contributed by atoms with Gasteiger partial charge in [-0.2, -0.15) is 5.10 Å². The van der Waals surface area contributed by atoms with E-state index in [-0.39, 0.29) is 23.9 Å². The van der Waals surface area contributed by atoms with E-state index in [2.05, 4.69) is 10.4 Å². The molecule has 0 saturated carbocycles. The van der Waals surface area contributed by atoms with Gasteiger partial charge in [-0.25, -0.2) is 15.1 Å². The van der Waals surface area contributed by atoms with Crippen molar-refractivity contribution in [1.82, 2.24) is 15.3 Å². The summed E-state index contributed by atoms with van der Waals surface area (Å²) in [5.41, 5.74) is 6.42. The summed E-state index contributed by atoms with van der Waals surface area (Å²) in [6.07, 6.45) is -0.776. The maximum atomic E-state index is 12.6. The summed E-state index contributed by atoms with van der Waals surface area (Å²) >= 11 is 0. The Morgan fingerprint density at radius 1 is 1.09 bits per heavy atom. The van der Waals surface area contributed by atoms with Crippen LogP contribution in [0.3, 0.4) is 0 Å². The molecular formula is C23H22N4O6. The number of rotatable bonds is 7. The highest BCUT2D eigenvalue weighted by molar-refractivity contribution is 6.01. The Morgan fingerprint density at radius 3 is 2.30 bits per heavy atom. The zero-order valence-electron chi connectivity index (χ0n) is 17.9. The van der Waals surface area contributed by atoms with E-state index in [4.69, 9.17) is 14.7 Å². The van der Waals surface area contributed by atoms with Gasteiger partial charge in [-0.3, -0.25) is 19.6 Å². The first-order valence-electron chi connectivity index (χ1n) is 10.2. The molecule has 1 heterocycles. The highest BCUT2D eigenvalue weighted by Crippen LogP contribution is 2.44. The van der Waals surface area contributed by atoms with Gasteiger partial charge in [0.15, 0.2) is 6.10 Å². The van der Waals surface area contributed by atoms with Crippen LogP contribution in [0.4, 0.5) is 10.6 Å². The first kappa shape index (κ1) is 22.0. The number of carbonyl (C=O) groups excluding carboxylic acids is 2. The number of ether oxygens (including phenoxy) is 1. The smallest absolute Gasteiger partial charge is 0.412 e. The molecule has 3 N–H and O–H groups in total. The minimum atomic E-state index is -1.25. The molecule has 0 saturated heterocycles. The average molecular weight is 450 g/mol. The highest BCUT2D eigenvalue weighted by atomic mass is 16.7. The van der Waals surface area contributed by atoms with E-state index in [0.29, 0.717) is 0 Å². The summed E-state index contributed by atoms with van der Waals surface area (Å²) in [5, 5.41) is 15.3. The Labute approximate surface area is 189 Å². The molecule has 1 aliphatic carbocycles. The maximum absolute atomic E-state index is 12.6. The number of benzene rings is 2. The molecule has 10 heteroatoms. The third kappa shape index (κ3) is 4.41. The number of hydrogen-bond donors (Lipinski definition) is 3. The second kappa shape index (κ2) is 9.13. The molecule has 33 heavy (non-hydrogen) atoms. The number of nitrogens with zero attached hydrogens (tertiary/aromatic N) is 2. The van der Waals surface area contributed by atoms with Crippen molar-refractivity contribution in [2.24, 2.45) is 7.05 Å². The molecule has 1 aromatic heterocycles. The number of amides is 2. The van der Waals surface area contributed by atoms with E-state index >= 15 is 0 Å². The molecule has 0 fully saturated rings. The Bertz CT molecular complexity index is 1180. The standard InChI is InChI=1S/C23H22N4O6/c1-13(22(29)30)33-26-21(28)18-11-24-27(2)20(18)25-23(31)32-12-19-16-9-5-3-7-14(16)15-8-4-6-10-17(15)19/h3-11,13,19H,12H2,1-2H3,(H,25,31)(H,26,28)(H,29,30). The summed E-state index contributed by atoms with van der Waals surface area (Å²) in [5.74, 6) is -2.02. The van der Waals surface area contributed by atoms with E-state index in [1.807, 2.05) is 54.0 Å². The van der Waals surface area contributed by atoms with Gasteiger partial charge in [0.1, 0.15) is 18.0 Å². The van der Waals surface area contributed by atoms with Gasteiger partial charge in [0.05, 0.1) is 6.20 Å². The number of aryl methyl sites for hydroxylation is 1. The van der Waals surface area contributed by atoms with Crippen molar-refractivity contribution in [2.75, 3.05) is 11.9 Å². The molecule has 1 aliphatic rings. The summed E-state index contributed by atoms with van der Waals surface area (Å²) in [6.45, 7) is 1.38. The maximum Gasteiger partial charge on any atom is 0.412 e. The number of hydroxylamine groups is 1. The largest absolute Gasteiger partial charge is 0.479 e. The van der Waals surface area contributed by atoms with Crippen molar-refractivity contribution in [3.8, 4) is 11.1 Å². The Balaban J connectivity index is 1.43. The van der Waals surface area contributed by atoms with Crippen molar-refractivity contribution in [2.45, 2.75) is 18.9 Å². The topological polar surface area (TPSA) is 132 Å². The van der Waals surface area contributed by atoms with E-state index in [1.54, 1.807) is 0 Å². The SMILES string of the molecule is CC(ONC(=O)c1cnn(C)c1NC(=O)OCC1c2ccccc2-c2ccccc21)C(=O)O. The number of aliphatic carboxylic acids is 1. The molecule has 0 bridgehead atoms. The van der Waals surface area contributed by atoms with Crippen LogP contribution in [0.25, 0.3) is 11.1 Å². The zero-order chi connectivity index (χ0) is 23.5. The number of carbonyl (C=O) groups is 3. The van der Waals surface area contributed by atoms with E-state index in [1.165, 1.54) is 24.9 Å². The minimum Gasteiger partial charge on any atom is -0.479 e. The van der Waals surface area contributed by atoms with Gasteiger partial charge in [-0.05, 0) is 29.2 Å². The van der Waals surface area contributed by atoms with Gasteiger partial charge < -0.3 is 9.84 Å². The van der Waals surface area contributed by atoms with Crippen molar-refractivity contribution in [1.29, 1.82) is 0 Å². The third-order valence-electron chi connectivity index (χ3n) is 5.42. The highest BCUT2D eigenvalue weighted by Gasteiger charge is 2.29. The van der Waals surface area contributed by atoms with Crippen LogP contribution < -0.4 is 10.8 Å². The Hall–Kier alpha value is -4.18. The van der Waals surface area contributed by atoms with Gasteiger partial charge in [-0.1, -0.05) is 48.5 Å². The molecular weight excluding hydrogens is 428 g/mol. The quantitative estimate of drug-likeness (QED) is 0.472. The molecule has 1 atom stereocenters. The lowest BCUT2D eigenvalue weighted by Gasteiger charge is -2.15. The second-order valence-corrected chi connectivity index (χ2v) is 7.51. The summed E-state index contributed by atoms with van der Waals surface area (Å²) in [4.78, 5) is 40.5. The van der Waals surface area contributed by atoms with Crippen molar-refractivity contribution in [3.05, 3.63) is 71.4 Å². The van der Waals surface area contributed by atoms with Crippen molar-refractivity contribution >= 4 is 23.8 Å². The van der Waals surface area contributed by atoms with Crippen LogP contribution in [-0.2, 0) is 21.4 Å². The predicted molar refractivity (Wildman–Crippen MR) is 118 cm³/mol. The number of carboxylic acid groups (broad SMARTS) is 1. The van der Waals surface area contributed by atoms with Crippen LogP contribution in [0.2, 0.25) is 0 Å². The molecule has 0 radical (unpaired) electrons. The van der Waals surface area contributed by atoms with E-state index in [0.717, 1.165) is 22.3 Å². The monoisotopic (exact) mass is 450 g/mol. The molecule has 170 valence electrons. The fourth-order valence-electron chi connectivity index (χ4n) is 3.73. The number of aromatic nitrogens is 2. The lowest BCUT2D eigenvalue weighted by atomic mass is 9.98. The van der Waals surface area contributed by atoms with Gasteiger partial charge >= 0.3 is 12.1 Å². The van der Waals surface area contributed by atoms with Crippen LogP contribution in [0, 0.1) is 0 Å². The van der Waals surface area contributed by atoms with Gasteiger partial charge in [0, 0.05) is 13.0 Å². The van der Waals surface area contributed by atoms with Crippen LogP contribution in [0.1, 0.15) is 34.3 Å². The number of fused-ring (bicyclic) bond motifs is 3. The predicted octanol–water partition coefficient (Wildman–Crippen LogP) is 2.92. The molecule has 4 rings (SSSR count). The summed E-state index contributed by atoms with van der Waals surface area (Å²) in [6, 6.07) is 16.0. The van der Waals surface area contributed by atoms with Crippen LogP contribution >= 0.6 is 0 Å². The normalized spacial score (nSPS) is 13.0. The average Bonchev–Trinajstić information content (AvgIpc) is 3.33. The lowest BCUT2D eigenvalue weighted by molar-refractivity contribution is -0.152. The minimum absolute atomic E-state index is 0.0106. The van der Waals surface area contributed by atoms with Crippen LogP contribution in [0.15, 0.2) is 54.7 Å². The van der Waals surface area contributed by atoms with Gasteiger partial charge in [-0.15, -0.1) is 0 Å². The Morgan fingerprint density at radius 2 is 1.70 bits per heavy atom. The summed E-state index contributed by atoms with van der Waals surface area (Å²) < 4.78 is 6.79. The van der Waals surface area contributed by atoms with E-state index < -0.39 is 24.1 Å². The van der Waals surface area contributed by atoms with Crippen molar-refractivity contribution < 1.29 is 29.1 Å². The number of carboxylic acids is 1. The van der Waals surface area contributed by atoms with E-state index in [9.17, 15) is 14.4 Å². The summed E-state index contributed by atoms with van der Waals surface area (Å²) in [7, 11) is 1.54. The molecule has 2 amide bonds. The first-order chi connectivity index (χ1) is 15.9. The molecule has 2 aromatic carbocycles. The molecule has 10 nitrogen and oxygen atoms in total. The fourth-order valence-corrected chi connectivity index (χ4v) is 3.73. The molecule has 1 unspecified atom stereocenters. The number of anilines is 1. The Kier molecular flexibility index (Phi) is 6.09. The lowest BCUT2D eigenvalue weighted by Crippen LogP contribution is -2.33. The number of nitrogens with one attached hydrogen (secondary N) is 2. The fraction of sp³-hybridized carbons (Fsp3) is 0.217. The van der Waals surface area contributed by atoms with Crippen LogP contribution in [0.5, 0.6) is 0 Å². The van der Waals surface area contributed by atoms with Crippen LogP contribution in [-0.4, -0.2) is 45.6 Å². The molecule has 0 spiro atoms. The third-order valence-corrected chi connectivity index (χ3v) is 5.42. The van der Waals surface area contributed by atoms with Crippen molar-refractivity contribution in [3.63, 3.8) is 0 Å². The van der Waals surface area contributed by atoms with Gasteiger partial charge in [0.25, 0.3) is 5.91 Å². The first-order valence-corrected chi connectivity index (χ1v) is 10.2. The zero-order valence-corrected chi connectivity index (χ0v) is 17.9. The number of hydrogen-bond acceptors (Lipinski definition) is 6. The van der Waals surface area contributed by atoms with Gasteiger partial charge in [0.2, 0.25) is 0 Å². The molecule has 0 aliphatic heterocycles.